The number of hydrogen-bond acceptors (Lipinski definition) is 3. The maximum Gasteiger partial charge on any atom is 0.161 e. The first-order valence-electron chi connectivity index (χ1n) is 5.74. The minimum Gasteiger partial charge on any atom is -0.377 e. The fraction of sp³-hybridized carbons (Fsp3) is 0.462. The SMILES string of the molecule is CC(=O)c1ccc(Br)cc1N1CCOCC1C. The van der Waals surface area contributed by atoms with Crippen molar-refractivity contribution in [3.63, 3.8) is 0 Å². The number of carbonyl (C=O) groups is 1. The summed E-state index contributed by atoms with van der Waals surface area (Å²) in [5.41, 5.74) is 1.78. The Morgan fingerprint density at radius 1 is 1.53 bits per heavy atom. The van der Waals surface area contributed by atoms with Gasteiger partial charge in [-0.05, 0) is 32.0 Å². The van der Waals surface area contributed by atoms with E-state index in [1.165, 1.54) is 0 Å². The summed E-state index contributed by atoms with van der Waals surface area (Å²) in [6.45, 7) is 5.98. The molecule has 1 aromatic rings. The van der Waals surface area contributed by atoms with Gasteiger partial charge < -0.3 is 9.64 Å². The molecular formula is C13H16BrNO2. The number of ketones is 1. The number of halogens is 1. The summed E-state index contributed by atoms with van der Waals surface area (Å²) in [6.07, 6.45) is 0. The van der Waals surface area contributed by atoms with E-state index in [2.05, 4.69) is 27.8 Å². The molecule has 1 unspecified atom stereocenters. The zero-order chi connectivity index (χ0) is 12.4. The molecule has 1 aromatic carbocycles. The van der Waals surface area contributed by atoms with Crippen LogP contribution in [0, 0.1) is 0 Å². The van der Waals surface area contributed by atoms with Gasteiger partial charge >= 0.3 is 0 Å². The van der Waals surface area contributed by atoms with Crippen LogP contribution in [0.2, 0.25) is 0 Å². The topological polar surface area (TPSA) is 29.5 Å². The van der Waals surface area contributed by atoms with Gasteiger partial charge in [0.25, 0.3) is 0 Å². The number of morpholine rings is 1. The van der Waals surface area contributed by atoms with E-state index >= 15 is 0 Å². The molecule has 0 amide bonds. The fourth-order valence-electron chi connectivity index (χ4n) is 2.13. The molecule has 0 aliphatic carbocycles. The summed E-state index contributed by atoms with van der Waals surface area (Å²) in [7, 11) is 0. The van der Waals surface area contributed by atoms with E-state index in [4.69, 9.17) is 4.74 Å². The van der Waals surface area contributed by atoms with Crippen molar-refractivity contribution in [2.45, 2.75) is 19.9 Å². The summed E-state index contributed by atoms with van der Waals surface area (Å²) in [5, 5.41) is 0. The molecule has 2 rings (SSSR count). The Bertz CT molecular complexity index is 433. The smallest absolute Gasteiger partial charge is 0.161 e. The zero-order valence-corrected chi connectivity index (χ0v) is 11.7. The second-order valence-corrected chi connectivity index (χ2v) is 5.25. The highest BCUT2D eigenvalue weighted by atomic mass is 79.9. The summed E-state index contributed by atoms with van der Waals surface area (Å²) in [5.74, 6) is 0.103. The number of anilines is 1. The van der Waals surface area contributed by atoms with E-state index in [1.807, 2.05) is 18.2 Å². The quantitative estimate of drug-likeness (QED) is 0.786. The predicted octanol–water partition coefficient (Wildman–Crippen LogP) is 2.88. The van der Waals surface area contributed by atoms with E-state index in [0.717, 1.165) is 22.3 Å². The van der Waals surface area contributed by atoms with Gasteiger partial charge in [0.05, 0.1) is 13.2 Å². The Hall–Kier alpha value is -0.870. The van der Waals surface area contributed by atoms with Crippen LogP contribution in [0.3, 0.4) is 0 Å². The normalized spacial score (nSPS) is 20.4. The first-order valence-corrected chi connectivity index (χ1v) is 6.54. The molecule has 92 valence electrons. The molecule has 0 N–H and O–H groups in total. The van der Waals surface area contributed by atoms with Crippen molar-refractivity contribution in [2.75, 3.05) is 24.7 Å². The number of Topliss-reactive ketones (excluding diaryl/α,β-unsaturated/α-hetero) is 1. The van der Waals surface area contributed by atoms with Gasteiger partial charge in [0.15, 0.2) is 5.78 Å². The molecule has 0 spiro atoms. The Kier molecular flexibility index (Phi) is 3.84. The summed E-state index contributed by atoms with van der Waals surface area (Å²) in [4.78, 5) is 13.9. The molecule has 3 nitrogen and oxygen atoms in total. The van der Waals surface area contributed by atoms with Crippen LogP contribution in [-0.2, 0) is 4.74 Å². The van der Waals surface area contributed by atoms with E-state index in [0.29, 0.717) is 19.3 Å². The predicted molar refractivity (Wildman–Crippen MR) is 71.8 cm³/mol. The number of hydrogen-bond donors (Lipinski definition) is 0. The standard InChI is InChI=1S/C13H16BrNO2/c1-9-8-17-6-5-15(9)13-7-11(14)3-4-12(13)10(2)16/h3-4,7,9H,5-6,8H2,1-2H3. The third kappa shape index (κ3) is 2.69. The van der Waals surface area contributed by atoms with Gasteiger partial charge in [-0.2, -0.15) is 0 Å². The summed E-state index contributed by atoms with van der Waals surface area (Å²) in [6, 6.07) is 6.10. The van der Waals surface area contributed by atoms with Gasteiger partial charge in [0.2, 0.25) is 0 Å². The van der Waals surface area contributed by atoms with Gasteiger partial charge in [0, 0.05) is 28.3 Å². The lowest BCUT2D eigenvalue weighted by Gasteiger charge is -2.36. The highest BCUT2D eigenvalue weighted by molar-refractivity contribution is 9.10. The molecule has 0 aromatic heterocycles. The van der Waals surface area contributed by atoms with Crippen LogP contribution < -0.4 is 4.90 Å². The van der Waals surface area contributed by atoms with Crippen LogP contribution in [0.4, 0.5) is 5.69 Å². The maximum atomic E-state index is 11.7. The summed E-state index contributed by atoms with van der Waals surface area (Å²) < 4.78 is 6.42. The van der Waals surface area contributed by atoms with Gasteiger partial charge in [-0.3, -0.25) is 4.79 Å². The van der Waals surface area contributed by atoms with Gasteiger partial charge in [-0.25, -0.2) is 0 Å². The molecule has 1 heterocycles. The molecule has 0 saturated carbocycles. The molecule has 1 aliphatic rings. The van der Waals surface area contributed by atoms with Crippen LogP contribution in [0.5, 0.6) is 0 Å². The molecule has 1 atom stereocenters. The number of ether oxygens (including phenoxy) is 1. The van der Waals surface area contributed by atoms with Crippen LogP contribution in [0.25, 0.3) is 0 Å². The number of carbonyl (C=O) groups excluding carboxylic acids is 1. The van der Waals surface area contributed by atoms with E-state index in [1.54, 1.807) is 6.92 Å². The number of nitrogens with zero attached hydrogens (tertiary/aromatic N) is 1. The molecule has 1 aliphatic heterocycles. The summed E-state index contributed by atoms with van der Waals surface area (Å²) >= 11 is 3.46. The largest absolute Gasteiger partial charge is 0.377 e. The van der Waals surface area contributed by atoms with Crippen LogP contribution >= 0.6 is 15.9 Å². The molecular weight excluding hydrogens is 282 g/mol. The van der Waals surface area contributed by atoms with Crippen molar-refractivity contribution in [1.29, 1.82) is 0 Å². The lowest BCUT2D eigenvalue weighted by molar-refractivity contribution is 0.0974. The minimum atomic E-state index is 0.103. The highest BCUT2D eigenvalue weighted by Crippen LogP contribution is 2.28. The number of benzene rings is 1. The lowest BCUT2D eigenvalue weighted by atomic mass is 10.1. The lowest BCUT2D eigenvalue weighted by Crippen LogP contribution is -2.44. The Morgan fingerprint density at radius 3 is 2.94 bits per heavy atom. The Balaban J connectivity index is 2.41. The Morgan fingerprint density at radius 2 is 2.29 bits per heavy atom. The van der Waals surface area contributed by atoms with E-state index < -0.39 is 0 Å². The first kappa shape index (κ1) is 12.6. The highest BCUT2D eigenvalue weighted by Gasteiger charge is 2.22. The molecule has 1 fully saturated rings. The third-order valence-electron chi connectivity index (χ3n) is 3.02. The van der Waals surface area contributed by atoms with Crippen molar-refractivity contribution < 1.29 is 9.53 Å². The maximum absolute atomic E-state index is 11.7. The average molecular weight is 298 g/mol. The third-order valence-corrected chi connectivity index (χ3v) is 3.51. The second-order valence-electron chi connectivity index (χ2n) is 4.33. The van der Waals surface area contributed by atoms with Gasteiger partial charge in [-0.1, -0.05) is 15.9 Å². The van der Waals surface area contributed by atoms with Crippen molar-refractivity contribution >= 4 is 27.4 Å². The minimum absolute atomic E-state index is 0.103. The van der Waals surface area contributed by atoms with Crippen LogP contribution in [-0.4, -0.2) is 31.6 Å². The van der Waals surface area contributed by atoms with Gasteiger partial charge in [-0.15, -0.1) is 0 Å². The average Bonchev–Trinajstić information content (AvgIpc) is 2.29. The van der Waals surface area contributed by atoms with Crippen molar-refractivity contribution in [3.05, 3.63) is 28.2 Å². The zero-order valence-electron chi connectivity index (χ0n) is 10.1. The Labute approximate surface area is 110 Å². The van der Waals surface area contributed by atoms with E-state index in [9.17, 15) is 4.79 Å². The van der Waals surface area contributed by atoms with Crippen LogP contribution in [0.1, 0.15) is 24.2 Å². The molecule has 1 saturated heterocycles. The first-order chi connectivity index (χ1) is 8.09. The second kappa shape index (κ2) is 5.19. The molecule has 4 heteroatoms. The van der Waals surface area contributed by atoms with Crippen LogP contribution in [0.15, 0.2) is 22.7 Å². The molecule has 0 radical (unpaired) electrons. The van der Waals surface area contributed by atoms with Crippen molar-refractivity contribution in [2.24, 2.45) is 0 Å². The monoisotopic (exact) mass is 297 g/mol. The van der Waals surface area contributed by atoms with Gasteiger partial charge in [0.1, 0.15) is 0 Å². The molecule has 0 bridgehead atoms. The van der Waals surface area contributed by atoms with Crippen molar-refractivity contribution in [3.8, 4) is 0 Å². The molecule has 17 heavy (non-hydrogen) atoms. The van der Waals surface area contributed by atoms with E-state index in [-0.39, 0.29) is 5.78 Å². The number of rotatable bonds is 2. The fourth-order valence-corrected chi connectivity index (χ4v) is 2.47. The van der Waals surface area contributed by atoms with Crippen molar-refractivity contribution in [1.82, 2.24) is 0 Å².